The fourth-order valence-corrected chi connectivity index (χ4v) is 1.89. The van der Waals surface area contributed by atoms with E-state index < -0.39 is 17.5 Å². The first-order chi connectivity index (χ1) is 9.51. The van der Waals surface area contributed by atoms with Crippen molar-refractivity contribution in [3.8, 4) is 5.75 Å². The maximum absolute atomic E-state index is 13.5. The number of carbonyl (C=O) groups is 1. The number of carbonyl (C=O) groups excluding carboxylic acids is 1. The third-order valence-corrected chi connectivity index (χ3v) is 2.83. The molecule has 20 heavy (non-hydrogen) atoms. The van der Waals surface area contributed by atoms with Gasteiger partial charge < -0.3 is 9.26 Å². The molecular formula is C11H8BrF2N3O3. The van der Waals surface area contributed by atoms with Crippen LogP contribution in [0.5, 0.6) is 5.75 Å². The number of amides is 1. The second-order valence-corrected chi connectivity index (χ2v) is 4.49. The Morgan fingerprint density at radius 3 is 2.85 bits per heavy atom. The maximum Gasteiger partial charge on any atom is 0.287 e. The van der Waals surface area contributed by atoms with E-state index >= 15 is 0 Å². The second-order valence-electron chi connectivity index (χ2n) is 3.64. The van der Waals surface area contributed by atoms with Crippen LogP contribution in [-0.4, -0.2) is 11.1 Å². The van der Waals surface area contributed by atoms with E-state index in [0.29, 0.717) is 6.07 Å². The standard InChI is InChI=1S/C11H8BrF2N3O3/c12-7-1-5(13)2-8(14)10(7)19-4-6-3-9(17-20-6)11(18)16-15/h1-3H,4,15H2,(H,16,18). The van der Waals surface area contributed by atoms with E-state index in [0.717, 1.165) is 6.07 Å². The van der Waals surface area contributed by atoms with Crippen LogP contribution in [0.2, 0.25) is 0 Å². The van der Waals surface area contributed by atoms with Crippen LogP contribution in [0.25, 0.3) is 0 Å². The van der Waals surface area contributed by atoms with Crippen molar-refractivity contribution in [1.82, 2.24) is 10.6 Å². The summed E-state index contributed by atoms with van der Waals surface area (Å²) in [6.07, 6.45) is 0. The van der Waals surface area contributed by atoms with Gasteiger partial charge in [0.2, 0.25) is 0 Å². The van der Waals surface area contributed by atoms with E-state index in [4.69, 9.17) is 15.1 Å². The number of aromatic nitrogens is 1. The zero-order chi connectivity index (χ0) is 14.7. The topological polar surface area (TPSA) is 90.4 Å². The number of nitrogens with zero attached hydrogens (tertiary/aromatic N) is 1. The van der Waals surface area contributed by atoms with Crippen LogP contribution in [0.15, 0.2) is 27.2 Å². The molecule has 0 saturated carbocycles. The maximum atomic E-state index is 13.5. The van der Waals surface area contributed by atoms with Gasteiger partial charge in [0.25, 0.3) is 5.91 Å². The lowest BCUT2D eigenvalue weighted by atomic mass is 10.3. The molecule has 6 nitrogen and oxygen atoms in total. The van der Waals surface area contributed by atoms with Crippen molar-refractivity contribution in [2.45, 2.75) is 6.61 Å². The normalized spacial score (nSPS) is 10.4. The van der Waals surface area contributed by atoms with E-state index in [1.165, 1.54) is 6.07 Å². The summed E-state index contributed by atoms with van der Waals surface area (Å²) in [5.74, 6) is 2.71. The Labute approximate surface area is 120 Å². The molecule has 0 aliphatic carbocycles. The molecular weight excluding hydrogens is 340 g/mol. The van der Waals surface area contributed by atoms with E-state index in [1.807, 2.05) is 5.43 Å². The molecule has 0 aliphatic rings. The monoisotopic (exact) mass is 347 g/mol. The highest BCUT2D eigenvalue weighted by molar-refractivity contribution is 9.10. The molecule has 1 aromatic carbocycles. The van der Waals surface area contributed by atoms with Gasteiger partial charge in [-0.2, -0.15) is 0 Å². The number of hydrogen-bond acceptors (Lipinski definition) is 5. The number of benzene rings is 1. The molecule has 0 atom stereocenters. The van der Waals surface area contributed by atoms with Crippen molar-refractivity contribution in [2.24, 2.45) is 5.84 Å². The highest BCUT2D eigenvalue weighted by atomic mass is 79.9. The minimum absolute atomic E-state index is 0.0373. The van der Waals surface area contributed by atoms with Gasteiger partial charge in [-0.3, -0.25) is 10.2 Å². The summed E-state index contributed by atoms with van der Waals surface area (Å²) in [6.45, 7) is -0.188. The lowest BCUT2D eigenvalue weighted by Gasteiger charge is -2.07. The highest BCUT2D eigenvalue weighted by Crippen LogP contribution is 2.29. The summed E-state index contributed by atoms with van der Waals surface area (Å²) >= 11 is 2.98. The summed E-state index contributed by atoms with van der Waals surface area (Å²) in [6, 6.07) is 3.04. The summed E-state index contributed by atoms with van der Waals surface area (Å²) in [7, 11) is 0. The first kappa shape index (κ1) is 14.4. The number of rotatable bonds is 4. The van der Waals surface area contributed by atoms with E-state index in [9.17, 15) is 13.6 Å². The number of nitrogens with one attached hydrogen (secondary N) is 1. The van der Waals surface area contributed by atoms with Crippen molar-refractivity contribution in [3.05, 3.63) is 45.8 Å². The molecule has 106 valence electrons. The largest absolute Gasteiger partial charge is 0.481 e. The Hall–Kier alpha value is -2.00. The summed E-state index contributed by atoms with van der Waals surface area (Å²) < 4.78 is 36.5. The predicted octanol–water partition coefficient (Wildman–Crippen LogP) is 1.90. The van der Waals surface area contributed by atoms with Crippen molar-refractivity contribution < 1.29 is 22.8 Å². The Bertz CT molecular complexity index is 625. The van der Waals surface area contributed by atoms with Crippen molar-refractivity contribution >= 4 is 21.8 Å². The smallest absolute Gasteiger partial charge is 0.287 e. The molecule has 0 fully saturated rings. The van der Waals surface area contributed by atoms with Crippen molar-refractivity contribution in [1.29, 1.82) is 0 Å². The molecule has 0 unspecified atom stereocenters. The van der Waals surface area contributed by atoms with Gasteiger partial charge >= 0.3 is 0 Å². The van der Waals surface area contributed by atoms with Gasteiger partial charge in [0, 0.05) is 12.1 Å². The highest BCUT2D eigenvalue weighted by Gasteiger charge is 2.14. The number of nitrogens with two attached hydrogens (primary N) is 1. The van der Waals surface area contributed by atoms with E-state index in [1.54, 1.807) is 0 Å². The van der Waals surface area contributed by atoms with Crippen molar-refractivity contribution in [3.63, 3.8) is 0 Å². The molecule has 0 radical (unpaired) electrons. The van der Waals surface area contributed by atoms with Gasteiger partial charge in [0.1, 0.15) is 12.4 Å². The quantitative estimate of drug-likeness (QED) is 0.500. The molecule has 2 aromatic rings. The number of hydrogen-bond donors (Lipinski definition) is 2. The molecule has 0 bridgehead atoms. The van der Waals surface area contributed by atoms with Gasteiger partial charge in [-0.05, 0) is 22.0 Å². The van der Waals surface area contributed by atoms with E-state index in [2.05, 4.69) is 21.1 Å². The Kier molecular flexibility index (Phi) is 4.30. The molecule has 0 saturated heterocycles. The van der Waals surface area contributed by atoms with Crippen LogP contribution in [0.4, 0.5) is 8.78 Å². The van der Waals surface area contributed by atoms with Crippen LogP contribution in [0.1, 0.15) is 16.2 Å². The van der Waals surface area contributed by atoms with Crippen LogP contribution in [0.3, 0.4) is 0 Å². The molecule has 3 N–H and O–H groups in total. The molecule has 2 rings (SSSR count). The summed E-state index contributed by atoms with van der Waals surface area (Å²) in [4.78, 5) is 11.1. The first-order valence-corrected chi connectivity index (χ1v) is 6.04. The third-order valence-electron chi connectivity index (χ3n) is 2.24. The van der Waals surface area contributed by atoms with Crippen LogP contribution in [0, 0.1) is 11.6 Å². The fourth-order valence-electron chi connectivity index (χ4n) is 1.37. The zero-order valence-electron chi connectivity index (χ0n) is 9.82. The number of ether oxygens (including phenoxy) is 1. The zero-order valence-corrected chi connectivity index (χ0v) is 11.4. The van der Waals surface area contributed by atoms with Gasteiger partial charge in [-0.1, -0.05) is 5.16 Å². The average Bonchev–Trinajstić information content (AvgIpc) is 2.85. The van der Waals surface area contributed by atoms with Gasteiger partial charge in [-0.25, -0.2) is 14.6 Å². The molecule has 1 aromatic heterocycles. The minimum atomic E-state index is -0.865. The first-order valence-electron chi connectivity index (χ1n) is 5.25. The molecule has 0 spiro atoms. The molecule has 1 heterocycles. The average molecular weight is 348 g/mol. The lowest BCUT2D eigenvalue weighted by Crippen LogP contribution is -2.30. The summed E-state index contributed by atoms with van der Waals surface area (Å²) in [5.41, 5.74) is 1.84. The number of hydrazine groups is 1. The van der Waals surface area contributed by atoms with Crippen LogP contribution < -0.4 is 16.0 Å². The van der Waals surface area contributed by atoms with E-state index in [-0.39, 0.29) is 28.3 Å². The number of halogens is 3. The Morgan fingerprint density at radius 1 is 1.45 bits per heavy atom. The fraction of sp³-hybridized carbons (Fsp3) is 0.0909. The second kappa shape index (κ2) is 5.97. The SMILES string of the molecule is NNC(=O)c1cc(COc2c(F)cc(F)cc2Br)on1. The van der Waals surface area contributed by atoms with Crippen LogP contribution in [-0.2, 0) is 6.61 Å². The molecule has 1 amide bonds. The van der Waals surface area contributed by atoms with Gasteiger partial charge in [0.15, 0.2) is 23.0 Å². The number of nitrogen functional groups attached to an aromatic ring is 1. The Morgan fingerprint density at radius 2 is 2.20 bits per heavy atom. The lowest BCUT2D eigenvalue weighted by molar-refractivity contribution is 0.0944. The Balaban J connectivity index is 2.09. The summed E-state index contributed by atoms with van der Waals surface area (Å²) in [5, 5.41) is 3.45. The van der Waals surface area contributed by atoms with Gasteiger partial charge in [-0.15, -0.1) is 0 Å². The minimum Gasteiger partial charge on any atom is -0.481 e. The molecule has 9 heteroatoms. The van der Waals surface area contributed by atoms with Gasteiger partial charge in [0.05, 0.1) is 4.47 Å². The van der Waals surface area contributed by atoms with Crippen LogP contribution >= 0.6 is 15.9 Å². The molecule has 0 aliphatic heterocycles. The van der Waals surface area contributed by atoms with Crippen molar-refractivity contribution in [2.75, 3.05) is 0 Å². The predicted molar refractivity (Wildman–Crippen MR) is 66.5 cm³/mol. The third kappa shape index (κ3) is 3.11.